The molecule has 0 aromatic heterocycles. The van der Waals surface area contributed by atoms with Crippen LogP contribution < -0.4 is 5.32 Å². The summed E-state index contributed by atoms with van der Waals surface area (Å²) in [6.07, 6.45) is 3.63. The van der Waals surface area contributed by atoms with E-state index in [1.807, 2.05) is 24.3 Å². The van der Waals surface area contributed by atoms with Gasteiger partial charge in [0.25, 0.3) is 0 Å². The van der Waals surface area contributed by atoms with Crippen LogP contribution in [-0.4, -0.2) is 17.0 Å². The molecule has 2 rings (SSSR count). The molecule has 0 bridgehead atoms. The molecule has 0 saturated heterocycles. The molecule has 0 fully saturated rings. The zero-order valence-corrected chi connectivity index (χ0v) is 10.2. The number of hydrogen-bond acceptors (Lipinski definition) is 2. The molecule has 4 nitrogen and oxygen atoms in total. The van der Waals surface area contributed by atoms with E-state index in [0.717, 1.165) is 35.2 Å². The fourth-order valence-electron chi connectivity index (χ4n) is 2.17. The molecule has 0 spiro atoms. The number of nitrogens with one attached hydrogen (secondary N) is 1. The highest BCUT2D eigenvalue weighted by Crippen LogP contribution is 2.27. The molecular weight excluding hydrogens is 230 g/mol. The molecule has 2 N–H and O–H groups in total. The van der Waals surface area contributed by atoms with Gasteiger partial charge in [-0.1, -0.05) is 17.7 Å². The van der Waals surface area contributed by atoms with Crippen molar-refractivity contribution in [2.24, 2.45) is 0 Å². The second kappa shape index (κ2) is 5.04. The molecular formula is C14H15NO3. The molecule has 0 saturated carbocycles. The highest BCUT2D eigenvalue weighted by atomic mass is 16.4. The van der Waals surface area contributed by atoms with Crippen LogP contribution >= 0.6 is 0 Å². The summed E-state index contributed by atoms with van der Waals surface area (Å²) in [6, 6.07) is 5.70. The van der Waals surface area contributed by atoms with Gasteiger partial charge in [0.05, 0.1) is 6.42 Å². The third-order valence-electron chi connectivity index (χ3n) is 2.92. The van der Waals surface area contributed by atoms with Crippen molar-refractivity contribution in [3.8, 4) is 0 Å². The van der Waals surface area contributed by atoms with Gasteiger partial charge in [-0.3, -0.25) is 9.59 Å². The van der Waals surface area contributed by atoms with Crippen molar-refractivity contribution >= 4 is 23.6 Å². The number of rotatable bonds is 3. The fraction of sp³-hybridized carbons (Fsp3) is 0.286. The monoisotopic (exact) mass is 245 g/mol. The number of anilines is 1. The van der Waals surface area contributed by atoms with Crippen molar-refractivity contribution in [3.05, 3.63) is 34.9 Å². The summed E-state index contributed by atoms with van der Waals surface area (Å²) in [5.41, 5.74) is 3.93. The lowest BCUT2D eigenvalue weighted by Crippen LogP contribution is -2.08. The van der Waals surface area contributed by atoms with Crippen LogP contribution in [0, 0.1) is 0 Å². The minimum Gasteiger partial charge on any atom is -0.481 e. The Morgan fingerprint density at radius 3 is 2.78 bits per heavy atom. The van der Waals surface area contributed by atoms with Gasteiger partial charge in [-0.15, -0.1) is 0 Å². The number of carbonyl (C=O) groups is 2. The van der Waals surface area contributed by atoms with Crippen LogP contribution in [0.1, 0.15) is 30.9 Å². The van der Waals surface area contributed by atoms with Crippen LogP contribution in [0.15, 0.2) is 23.8 Å². The van der Waals surface area contributed by atoms with Gasteiger partial charge in [0.15, 0.2) is 0 Å². The molecule has 1 aliphatic carbocycles. The molecule has 0 atom stereocenters. The maximum absolute atomic E-state index is 11.0. The number of amides is 1. The molecule has 0 heterocycles. The first kappa shape index (κ1) is 12.4. The predicted octanol–water partition coefficient (Wildman–Crippen LogP) is 2.45. The summed E-state index contributed by atoms with van der Waals surface area (Å²) in [5.74, 6) is -0.882. The Kier molecular flexibility index (Phi) is 3.46. The lowest BCUT2D eigenvalue weighted by molar-refractivity contribution is -0.136. The van der Waals surface area contributed by atoms with Crippen LogP contribution in [0.2, 0.25) is 0 Å². The Bertz CT molecular complexity index is 532. The third kappa shape index (κ3) is 2.97. The van der Waals surface area contributed by atoms with Gasteiger partial charge < -0.3 is 10.4 Å². The van der Waals surface area contributed by atoms with Crippen LogP contribution in [0.4, 0.5) is 5.69 Å². The molecule has 0 radical (unpaired) electrons. The number of hydrogen-bond donors (Lipinski definition) is 2. The Hall–Kier alpha value is -2.10. The highest BCUT2D eigenvalue weighted by molar-refractivity contribution is 5.89. The van der Waals surface area contributed by atoms with E-state index in [1.54, 1.807) is 0 Å². The first-order valence-electron chi connectivity index (χ1n) is 5.86. The average Bonchev–Trinajstić information content (AvgIpc) is 2.27. The summed E-state index contributed by atoms with van der Waals surface area (Å²) >= 11 is 0. The maximum Gasteiger partial charge on any atom is 0.307 e. The van der Waals surface area contributed by atoms with E-state index in [0.29, 0.717) is 0 Å². The molecule has 1 aromatic carbocycles. The number of carboxylic acid groups (broad SMARTS) is 1. The van der Waals surface area contributed by atoms with E-state index in [-0.39, 0.29) is 12.3 Å². The number of fused-ring (bicyclic) bond motifs is 1. The Balaban J connectivity index is 2.22. The maximum atomic E-state index is 11.0. The number of carbonyl (C=O) groups excluding carboxylic acids is 1. The van der Waals surface area contributed by atoms with Gasteiger partial charge in [-0.05, 0) is 36.1 Å². The van der Waals surface area contributed by atoms with E-state index < -0.39 is 5.97 Å². The van der Waals surface area contributed by atoms with E-state index in [1.165, 1.54) is 6.92 Å². The van der Waals surface area contributed by atoms with Crippen molar-refractivity contribution in [2.75, 3.05) is 5.32 Å². The smallest absolute Gasteiger partial charge is 0.307 e. The third-order valence-corrected chi connectivity index (χ3v) is 2.92. The standard InChI is InChI=1S/C14H15NO3/c1-9(16)15-13-5-4-11-6-10(7-14(17)18)2-3-12(11)8-13/h4-6,8H,2-3,7H2,1H3,(H,15,16)(H,17,18). The van der Waals surface area contributed by atoms with Crippen molar-refractivity contribution in [3.63, 3.8) is 0 Å². The minimum absolute atomic E-state index is 0.0899. The van der Waals surface area contributed by atoms with E-state index in [9.17, 15) is 9.59 Å². The van der Waals surface area contributed by atoms with Crippen LogP contribution in [-0.2, 0) is 16.0 Å². The van der Waals surface area contributed by atoms with Crippen molar-refractivity contribution in [1.29, 1.82) is 0 Å². The number of carboxylic acids is 1. The summed E-state index contributed by atoms with van der Waals surface area (Å²) < 4.78 is 0. The minimum atomic E-state index is -0.792. The first-order chi connectivity index (χ1) is 8.54. The van der Waals surface area contributed by atoms with Gasteiger partial charge in [-0.2, -0.15) is 0 Å². The zero-order chi connectivity index (χ0) is 13.1. The highest BCUT2D eigenvalue weighted by Gasteiger charge is 2.13. The molecule has 18 heavy (non-hydrogen) atoms. The molecule has 1 aliphatic rings. The molecule has 4 heteroatoms. The zero-order valence-electron chi connectivity index (χ0n) is 10.2. The van der Waals surface area contributed by atoms with Crippen molar-refractivity contribution in [2.45, 2.75) is 26.2 Å². The molecule has 0 aliphatic heterocycles. The largest absolute Gasteiger partial charge is 0.481 e. The summed E-state index contributed by atoms with van der Waals surface area (Å²) in [4.78, 5) is 21.6. The average molecular weight is 245 g/mol. The van der Waals surface area contributed by atoms with E-state index in [2.05, 4.69) is 5.32 Å². The summed E-state index contributed by atoms with van der Waals surface area (Å²) in [5, 5.41) is 11.5. The van der Waals surface area contributed by atoms with Crippen molar-refractivity contribution < 1.29 is 14.7 Å². The van der Waals surface area contributed by atoms with Crippen LogP contribution in [0.25, 0.3) is 6.08 Å². The van der Waals surface area contributed by atoms with Crippen molar-refractivity contribution in [1.82, 2.24) is 0 Å². The molecule has 0 unspecified atom stereocenters. The number of benzene rings is 1. The van der Waals surface area contributed by atoms with Gasteiger partial charge in [0, 0.05) is 12.6 Å². The predicted molar refractivity (Wildman–Crippen MR) is 69.3 cm³/mol. The quantitative estimate of drug-likeness (QED) is 0.859. The SMILES string of the molecule is CC(=O)Nc1ccc2c(c1)CCC(CC(=O)O)=C2. The second-order valence-corrected chi connectivity index (χ2v) is 4.47. The van der Waals surface area contributed by atoms with Gasteiger partial charge in [0.1, 0.15) is 0 Å². The molecule has 94 valence electrons. The van der Waals surface area contributed by atoms with Crippen LogP contribution in [0.5, 0.6) is 0 Å². The summed E-state index contributed by atoms with van der Waals surface area (Å²) in [6.45, 7) is 1.48. The first-order valence-corrected chi connectivity index (χ1v) is 5.86. The van der Waals surface area contributed by atoms with Gasteiger partial charge in [-0.25, -0.2) is 0 Å². The molecule has 1 aromatic rings. The van der Waals surface area contributed by atoms with Gasteiger partial charge >= 0.3 is 5.97 Å². The summed E-state index contributed by atoms with van der Waals surface area (Å²) in [7, 11) is 0. The number of aliphatic carboxylic acids is 1. The fourth-order valence-corrected chi connectivity index (χ4v) is 2.17. The Labute approximate surface area is 105 Å². The van der Waals surface area contributed by atoms with E-state index >= 15 is 0 Å². The lowest BCUT2D eigenvalue weighted by atomic mass is 9.90. The molecule has 1 amide bonds. The number of aryl methyl sites for hydroxylation is 1. The Morgan fingerprint density at radius 1 is 1.33 bits per heavy atom. The van der Waals surface area contributed by atoms with Gasteiger partial charge in [0.2, 0.25) is 5.91 Å². The van der Waals surface area contributed by atoms with E-state index in [4.69, 9.17) is 5.11 Å². The Morgan fingerprint density at radius 2 is 2.11 bits per heavy atom. The lowest BCUT2D eigenvalue weighted by Gasteiger charge is -2.16. The van der Waals surface area contributed by atoms with Crippen LogP contribution in [0.3, 0.4) is 0 Å². The normalized spacial score (nSPS) is 13.5. The second-order valence-electron chi connectivity index (χ2n) is 4.47. The topological polar surface area (TPSA) is 66.4 Å².